The van der Waals surface area contributed by atoms with Crippen LogP contribution in [-0.2, 0) is 16.2 Å². The quantitative estimate of drug-likeness (QED) is 0.311. The number of thiocarbonyl (C=S) groups is 1. The standard InChI is InChI=1S/C17H20ClN3O2SSi/c1-11-17(24)23-16(20-11)13-9-19-15-12(14(13)18)5-6-21(15)10-22-7-8-25(2,3)4/h5-6,9H,1,7-8,10H2,2-4H3. The van der Waals surface area contributed by atoms with E-state index < -0.39 is 8.07 Å². The van der Waals surface area contributed by atoms with Gasteiger partial charge in [-0.3, -0.25) is 0 Å². The fourth-order valence-corrected chi connectivity index (χ4v) is 3.51. The molecule has 0 saturated carbocycles. The van der Waals surface area contributed by atoms with Crippen molar-refractivity contribution in [3.63, 3.8) is 0 Å². The zero-order chi connectivity index (χ0) is 18.2. The van der Waals surface area contributed by atoms with Gasteiger partial charge in [-0.1, -0.05) is 37.8 Å². The normalized spacial score (nSPS) is 15.0. The SMILES string of the molecule is C=C1N=C(c2cnc3c(ccn3COCC[Si](C)(C)C)c2Cl)OC1=S. The molecule has 0 radical (unpaired) electrons. The number of aromatic nitrogens is 2. The summed E-state index contributed by atoms with van der Waals surface area (Å²) in [6.45, 7) is 11.9. The summed E-state index contributed by atoms with van der Waals surface area (Å²) in [4.78, 5) is 8.70. The maximum absolute atomic E-state index is 6.53. The third-order valence-electron chi connectivity index (χ3n) is 3.84. The predicted molar refractivity (Wildman–Crippen MR) is 108 cm³/mol. The van der Waals surface area contributed by atoms with E-state index in [0.717, 1.165) is 23.7 Å². The van der Waals surface area contributed by atoms with Crippen molar-refractivity contribution in [3.05, 3.63) is 41.3 Å². The Morgan fingerprint density at radius 3 is 2.80 bits per heavy atom. The highest BCUT2D eigenvalue weighted by atomic mass is 35.5. The zero-order valence-corrected chi connectivity index (χ0v) is 17.1. The molecule has 0 fully saturated rings. The van der Waals surface area contributed by atoms with Crippen LogP contribution in [-0.4, -0.2) is 35.2 Å². The fourth-order valence-electron chi connectivity index (χ4n) is 2.35. The van der Waals surface area contributed by atoms with Gasteiger partial charge in [-0.15, -0.1) is 0 Å². The molecule has 2 aromatic heterocycles. The van der Waals surface area contributed by atoms with Crippen LogP contribution in [0.1, 0.15) is 5.56 Å². The van der Waals surface area contributed by atoms with Crippen molar-refractivity contribution in [2.24, 2.45) is 4.99 Å². The van der Waals surface area contributed by atoms with Crippen LogP contribution >= 0.6 is 23.8 Å². The molecule has 8 heteroatoms. The van der Waals surface area contributed by atoms with Crippen molar-refractivity contribution in [1.29, 1.82) is 0 Å². The zero-order valence-electron chi connectivity index (χ0n) is 14.5. The van der Waals surface area contributed by atoms with Crippen LogP contribution in [0.5, 0.6) is 0 Å². The predicted octanol–water partition coefficient (Wildman–Crippen LogP) is 4.62. The summed E-state index contributed by atoms with van der Waals surface area (Å²) in [6.07, 6.45) is 3.56. The Morgan fingerprint density at radius 2 is 2.16 bits per heavy atom. The lowest BCUT2D eigenvalue weighted by Crippen LogP contribution is -2.22. The first-order valence-corrected chi connectivity index (χ1v) is 12.5. The van der Waals surface area contributed by atoms with Crippen molar-refractivity contribution in [1.82, 2.24) is 9.55 Å². The molecule has 0 saturated heterocycles. The van der Waals surface area contributed by atoms with Gasteiger partial charge in [-0.05, 0) is 24.3 Å². The number of nitrogens with zero attached hydrogens (tertiary/aromatic N) is 3. The molecule has 3 rings (SSSR count). The molecule has 0 atom stereocenters. The van der Waals surface area contributed by atoms with Gasteiger partial charge >= 0.3 is 0 Å². The minimum absolute atomic E-state index is 0.263. The number of rotatable bonds is 6. The molecule has 0 amide bonds. The number of hydrogen-bond acceptors (Lipinski definition) is 5. The van der Waals surface area contributed by atoms with Gasteiger partial charge < -0.3 is 14.0 Å². The Balaban J connectivity index is 1.79. The molecule has 1 aliphatic rings. The topological polar surface area (TPSA) is 48.6 Å². The summed E-state index contributed by atoms with van der Waals surface area (Å²) in [5, 5.41) is 1.62. The third kappa shape index (κ3) is 4.00. The van der Waals surface area contributed by atoms with Gasteiger partial charge in [0.15, 0.2) is 0 Å². The van der Waals surface area contributed by atoms with E-state index in [1.165, 1.54) is 0 Å². The molecule has 5 nitrogen and oxygen atoms in total. The van der Waals surface area contributed by atoms with Gasteiger partial charge in [0, 0.05) is 32.5 Å². The minimum Gasteiger partial charge on any atom is -0.424 e. The van der Waals surface area contributed by atoms with E-state index in [-0.39, 0.29) is 5.05 Å². The Bertz CT molecular complexity index is 886. The second kappa shape index (κ2) is 6.99. The van der Waals surface area contributed by atoms with Crippen LogP contribution in [0.2, 0.25) is 30.7 Å². The lowest BCUT2D eigenvalue weighted by atomic mass is 10.2. The summed E-state index contributed by atoms with van der Waals surface area (Å²) in [5.74, 6) is 0.341. The van der Waals surface area contributed by atoms with Crippen LogP contribution in [0.15, 0.2) is 35.7 Å². The average Bonchev–Trinajstić information content (AvgIpc) is 3.08. The minimum atomic E-state index is -1.09. The van der Waals surface area contributed by atoms with Crippen molar-refractivity contribution < 1.29 is 9.47 Å². The van der Waals surface area contributed by atoms with Crippen molar-refractivity contribution in [2.45, 2.75) is 32.4 Å². The molecule has 1 aliphatic heterocycles. The molecule has 0 aliphatic carbocycles. The van der Waals surface area contributed by atoms with Crippen LogP contribution < -0.4 is 0 Å². The van der Waals surface area contributed by atoms with E-state index >= 15 is 0 Å². The molecule has 0 N–H and O–H groups in total. The van der Waals surface area contributed by atoms with Crippen molar-refractivity contribution in [3.8, 4) is 0 Å². The maximum Gasteiger partial charge on any atom is 0.231 e. The molecular weight excluding hydrogens is 374 g/mol. The van der Waals surface area contributed by atoms with Crippen LogP contribution in [0, 0.1) is 0 Å². The number of halogens is 1. The second-order valence-corrected chi connectivity index (χ2v) is 13.5. The molecule has 0 unspecified atom stereocenters. The summed E-state index contributed by atoms with van der Waals surface area (Å²) >= 11 is 11.6. The molecular formula is C17H20ClN3O2SSi. The number of ether oxygens (including phenoxy) is 2. The lowest BCUT2D eigenvalue weighted by Gasteiger charge is -2.15. The largest absolute Gasteiger partial charge is 0.424 e. The van der Waals surface area contributed by atoms with Gasteiger partial charge in [0.05, 0.1) is 10.6 Å². The Morgan fingerprint density at radius 1 is 1.40 bits per heavy atom. The van der Waals surface area contributed by atoms with Crippen LogP contribution in [0.3, 0.4) is 0 Å². The molecule has 132 valence electrons. The van der Waals surface area contributed by atoms with E-state index in [9.17, 15) is 0 Å². The molecule has 25 heavy (non-hydrogen) atoms. The summed E-state index contributed by atoms with van der Waals surface area (Å²) in [5.41, 5.74) is 1.80. The summed E-state index contributed by atoms with van der Waals surface area (Å²) in [6, 6.07) is 3.05. The Kier molecular flexibility index (Phi) is 5.10. The van der Waals surface area contributed by atoms with E-state index in [0.29, 0.717) is 28.9 Å². The summed E-state index contributed by atoms with van der Waals surface area (Å²) in [7, 11) is -1.09. The number of pyridine rings is 1. The smallest absolute Gasteiger partial charge is 0.231 e. The molecule has 0 spiro atoms. The number of aliphatic imine (C=N–C) groups is 1. The van der Waals surface area contributed by atoms with E-state index in [1.807, 2.05) is 16.8 Å². The number of fused-ring (bicyclic) bond motifs is 1. The van der Waals surface area contributed by atoms with Crippen LogP contribution in [0.25, 0.3) is 11.0 Å². The highest BCUT2D eigenvalue weighted by Gasteiger charge is 2.23. The number of hydrogen-bond donors (Lipinski definition) is 0. The molecule has 0 bridgehead atoms. The van der Waals surface area contributed by atoms with Gasteiger partial charge in [0.25, 0.3) is 0 Å². The van der Waals surface area contributed by atoms with E-state index in [1.54, 1.807) is 6.20 Å². The van der Waals surface area contributed by atoms with Gasteiger partial charge in [-0.25, -0.2) is 9.98 Å². The Hall–Kier alpha value is -1.54. The first kappa shape index (κ1) is 18.3. The lowest BCUT2D eigenvalue weighted by molar-refractivity contribution is 0.0899. The van der Waals surface area contributed by atoms with Gasteiger partial charge in [-0.2, -0.15) is 0 Å². The maximum atomic E-state index is 6.53. The molecule has 3 heterocycles. The Labute approximate surface area is 158 Å². The van der Waals surface area contributed by atoms with Crippen LogP contribution in [0.4, 0.5) is 0 Å². The molecule has 2 aromatic rings. The third-order valence-corrected chi connectivity index (χ3v) is 6.27. The average molecular weight is 394 g/mol. The van der Waals surface area contributed by atoms with E-state index in [2.05, 4.69) is 36.2 Å². The van der Waals surface area contributed by atoms with E-state index in [4.69, 9.17) is 33.3 Å². The molecule has 0 aromatic carbocycles. The first-order chi connectivity index (χ1) is 11.8. The van der Waals surface area contributed by atoms with Gasteiger partial charge in [0.2, 0.25) is 10.9 Å². The summed E-state index contributed by atoms with van der Waals surface area (Å²) < 4.78 is 13.2. The highest BCUT2D eigenvalue weighted by Crippen LogP contribution is 2.29. The van der Waals surface area contributed by atoms with Crippen molar-refractivity contribution >= 4 is 53.9 Å². The highest BCUT2D eigenvalue weighted by molar-refractivity contribution is 7.80. The van der Waals surface area contributed by atoms with Gasteiger partial charge in [0.1, 0.15) is 18.1 Å². The monoisotopic (exact) mass is 393 g/mol. The van der Waals surface area contributed by atoms with Crippen molar-refractivity contribution in [2.75, 3.05) is 6.61 Å². The first-order valence-electron chi connectivity index (χ1n) is 7.97. The fraction of sp³-hybridized carbons (Fsp3) is 0.353. The second-order valence-electron chi connectivity index (χ2n) is 7.11.